The van der Waals surface area contributed by atoms with E-state index in [1.807, 2.05) is 32.9 Å². The van der Waals surface area contributed by atoms with Crippen molar-refractivity contribution in [2.45, 2.75) is 86.7 Å². The summed E-state index contributed by atoms with van der Waals surface area (Å²) in [6.07, 6.45) is 3.85. The highest BCUT2D eigenvalue weighted by molar-refractivity contribution is 7.91. The molecule has 0 N–H and O–H groups in total. The van der Waals surface area contributed by atoms with Crippen LogP contribution in [0.1, 0.15) is 58.4 Å². The molecule has 0 unspecified atom stereocenters. The first-order chi connectivity index (χ1) is 20.5. The smallest absolute Gasteiger partial charge is 0.231 e. The van der Waals surface area contributed by atoms with Gasteiger partial charge in [0, 0.05) is 36.7 Å². The SMILES string of the molecule is CCCS(=O)(=O)N1CCC(N2CCC(C3(c4ccc(S(=O)(=O)c5ccc6c(c5)OCO6)cc4)O[C@H](C)[C@@H](C)O3)CC2)CC1. The summed E-state index contributed by atoms with van der Waals surface area (Å²) >= 11 is 0. The molecule has 0 bridgehead atoms. The molecule has 2 atom stereocenters. The van der Waals surface area contributed by atoms with Crippen LogP contribution >= 0.6 is 0 Å². The summed E-state index contributed by atoms with van der Waals surface area (Å²) in [5.41, 5.74) is 0.821. The molecule has 0 radical (unpaired) electrons. The van der Waals surface area contributed by atoms with Gasteiger partial charge in [0.1, 0.15) is 0 Å². The average molecular weight is 635 g/mol. The van der Waals surface area contributed by atoms with Crippen molar-refractivity contribution in [3.8, 4) is 11.5 Å². The molecular formula is C31H42N2O8S2. The molecule has 0 amide bonds. The number of ether oxygens (including phenoxy) is 4. The van der Waals surface area contributed by atoms with Crippen molar-refractivity contribution in [3.63, 3.8) is 0 Å². The van der Waals surface area contributed by atoms with E-state index in [9.17, 15) is 16.8 Å². The molecule has 43 heavy (non-hydrogen) atoms. The predicted octanol–water partition coefficient (Wildman–Crippen LogP) is 4.14. The Bertz CT molecular complexity index is 1500. The van der Waals surface area contributed by atoms with Crippen LogP contribution in [0.5, 0.6) is 11.5 Å². The van der Waals surface area contributed by atoms with Crippen molar-refractivity contribution < 1.29 is 35.8 Å². The lowest BCUT2D eigenvalue weighted by Crippen LogP contribution is -2.51. The molecule has 2 aromatic rings. The van der Waals surface area contributed by atoms with Crippen LogP contribution in [0.4, 0.5) is 0 Å². The Hall–Kier alpha value is -2.22. The van der Waals surface area contributed by atoms with Crippen LogP contribution in [0, 0.1) is 5.92 Å². The summed E-state index contributed by atoms with van der Waals surface area (Å²) in [5.74, 6) is 0.311. The van der Waals surface area contributed by atoms with Crippen LogP contribution in [-0.4, -0.2) is 83.0 Å². The molecule has 0 spiro atoms. The van der Waals surface area contributed by atoms with Crippen LogP contribution in [0.2, 0.25) is 0 Å². The minimum Gasteiger partial charge on any atom is -0.454 e. The maximum absolute atomic E-state index is 13.4. The summed E-state index contributed by atoms with van der Waals surface area (Å²) in [6, 6.07) is 11.9. The van der Waals surface area contributed by atoms with E-state index >= 15 is 0 Å². The number of likely N-dealkylation sites (tertiary alicyclic amines) is 1. The van der Waals surface area contributed by atoms with E-state index in [2.05, 4.69) is 4.90 Å². The number of benzene rings is 2. The molecule has 0 aliphatic carbocycles. The van der Waals surface area contributed by atoms with Gasteiger partial charge in [-0.05, 0) is 83.3 Å². The molecule has 3 saturated heterocycles. The van der Waals surface area contributed by atoms with Gasteiger partial charge in [0.2, 0.25) is 26.7 Å². The second kappa shape index (κ2) is 11.9. The zero-order chi connectivity index (χ0) is 30.4. The summed E-state index contributed by atoms with van der Waals surface area (Å²) in [5, 5.41) is 0. The first kappa shape index (κ1) is 30.8. The van der Waals surface area contributed by atoms with Crippen LogP contribution < -0.4 is 9.47 Å². The van der Waals surface area contributed by atoms with Gasteiger partial charge in [0.15, 0.2) is 17.3 Å². The van der Waals surface area contributed by atoms with E-state index < -0.39 is 25.6 Å². The van der Waals surface area contributed by atoms with E-state index in [1.165, 1.54) is 12.1 Å². The minimum atomic E-state index is -3.77. The highest BCUT2D eigenvalue weighted by Gasteiger charge is 2.52. The van der Waals surface area contributed by atoms with Crippen molar-refractivity contribution in [2.24, 2.45) is 5.92 Å². The third-order valence-electron chi connectivity index (χ3n) is 9.47. The maximum atomic E-state index is 13.4. The monoisotopic (exact) mass is 634 g/mol. The standard InChI is InChI=1S/C31H42N2O8S2/c1-4-19-42(34,35)33-17-13-26(14-18-33)32-15-11-25(12-16-32)31(40-22(2)23(3)41-31)24-5-7-27(8-6-24)43(36,37)28-9-10-29-30(20-28)39-21-38-29/h5-10,20,22-23,25-26H,4,11-19,21H2,1-3H3/t22-,23-/m1/s1. The molecule has 4 heterocycles. The molecule has 2 aromatic carbocycles. The van der Waals surface area contributed by atoms with Crippen molar-refractivity contribution in [1.29, 1.82) is 0 Å². The van der Waals surface area contributed by atoms with Gasteiger partial charge in [0.25, 0.3) is 0 Å². The molecule has 6 rings (SSSR count). The van der Waals surface area contributed by atoms with E-state index in [4.69, 9.17) is 18.9 Å². The first-order valence-electron chi connectivity index (χ1n) is 15.4. The molecular weight excluding hydrogens is 592 g/mol. The van der Waals surface area contributed by atoms with Crippen molar-refractivity contribution in [1.82, 2.24) is 9.21 Å². The number of rotatable bonds is 8. The van der Waals surface area contributed by atoms with Gasteiger partial charge in [-0.15, -0.1) is 0 Å². The van der Waals surface area contributed by atoms with Gasteiger partial charge in [-0.1, -0.05) is 19.1 Å². The van der Waals surface area contributed by atoms with Gasteiger partial charge < -0.3 is 23.8 Å². The Morgan fingerprint density at radius 1 is 0.791 bits per heavy atom. The second-order valence-corrected chi connectivity index (χ2v) is 16.2. The van der Waals surface area contributed by atoms with Crippen molar-refractivity contribution >= 4 is 19.9 Å². The first-order valence-corrected chi connectivity index (χ1v) is 18.5. The van der Waals surface area contributed by atoms with Crippen LogP contribution in [0.15, 0.2) is 52.3 Å². The summed E-state index contributed by atoms with van der Waals surface area (Å²) in [4.78, 5) is 2.83. The molecule has 12 heteroatoms. The lowest BCUT2D eigenvalue weighted by Gasteiger charge is -2.45. The molecule has 10 nitrogen and oxygen atoms in total. The molecule has 4 aliphatic rings. The maximum Gasteiger partial charge on any atom is 0.231 e. The summed E-state index contributed by atoms with van der Waals surface area (Å²) in [6.45, 7) is 8.93. The summed E-state index contributed by atoms with van der Waals surface area (Å²) in [7, 11) is -6.92. The van der Waals surface area contributed by atoms with Gasteiger partial charge in [-0.25, -0.2) is 21.1 Å². The number of fused-ring (bicyclic) bond motifs is 1. The Morgan fingerprint density at radius 2 is 1.40 bits per heavy atom. The van der Waals surface area contributed by atoms with E-state index in [1.54, 1.807) is 22.5 Å². The van der Waals surface area contributed by atoms with Gasteiger partial charge >= 0.3 is 0 Å². The third-order valence-corrected chi connectivity index (χ3v) is 13.3. The lowest BCUT2D eigenvalue weighted by molar-refractivity contribution is -0.228. The number of hydrogen-bond acceptors (Lipinski definition) is 9. The van der Waals surface area contributed by atoms with Gasteiger partial charge in [0.05, 0.1) is 27.8 Å². The van der Waals surface area contributed by atoms with Crippen LogP contribution in [-0.2, 0) is 35.1 Å². The largest absolute Gasteiger partial charge is 0.454 e. The minimum absolute atomic E-state index is 0.0774. The highest BCUT2D eigenvalue weighted by atomic mass is 32.2. The Labute approximate surface area is 255 Å². The van der Waals surface area contributed by atoms with E-state index in [-0.39, 0.29) is 40.5 Å². The van der Waals surface area contributed by atoms with Crippen LogP contribution in [0.3, 0.4) is 0 Å². The van der Waals surface area contributed by atoms with Gasteiger partial charge in [-0.2, -0.15) is 0 Å². The molecule has 0 saturated carbocycles. The number of sulfone groups is 1. The Balaban J connectivity index is 1.16. The van der Waals surface area contributed by atoms with Crippen LogP contribution in [0.25, 0.3) is 0 Å². The highest BCUT2D eigenvalue weighted by Crippen LogP contribution is 2.48. The Morgan fingerprint density at radius 3 is 2.02 bits per heavy atom. The molecule has 4 aliphatic heterocycles. The normalized spacial score (nSPS) is 25.7. The number of sulfonamides is 1. The second-order valence-electron chi connectivity index (χ2n) is 12.1. The van der Waals surface area contributed by atoms with Crippen molar-refractivity contribution in [3.05, 3.63) is 48.0 Å². The average Bonchev–Trinajstić information content (AvgIpc) is 3.61. The fourth-order valence-corrected chi connectivity index (χ4v) is 9.72. The summed E-state index contributed by atoms with van der Waals surface area (Å²) < 4.78 is 77.5. The zero-order valence-electron chi connectivity index (χ0n) is 25.1. The number of hydrogen-bond donors (Lipinski definition) is 0. The zero-order valence-corrected chi connectivity index (χ0v) is 26.7. The fourth-order valence-electron chi connectivity index (χ4n) is 6.90. The quantitative estimate of drug-likeness (QED) is 0.423. The molecule has 0 aromatic heterocycles. The fraction of sp³-hybridized carbons (Fsp3) is 0.613. The Kier molecular flexibility index (Phi) is 8.55. The van der Waals surface area contributed by atoms with Crippen molar-refractivity contribution in [2.75, 3.05) is 38.7 Å². The molecule has 3 fully saturated rings. The molecule has 236 valence electrons. The van der Waals surface area contributed by atoms with Gasteiger partial charge in [-0.3, -0.25) is 0 Å². The topological polar surface area (TPSA) is 112 Å². The van der Waals surface area contributed by atoms with E-state index in [0.717, 1.165) is 44.3 Å². The predicted molar refractivity (Wildman–Crippen MR) is 160 cm³/mol. The number of piperidine rings is 2. The van der Waals surface area contributed by atoms with E-state index in [0.29, 0.717) is 37.1 Å². The number of nitrogens with zero attached hydrogens (tertiary/aromatic N) is 2. The lowest BCUT2D eigenvalue weighted by atomic mass is 9.83. The third kappa shape index (κ3) is 5.82.